The molecule has 0 bridgehead atoms. The number of carboxylic acid groups (broad SMARTS) is 2. The maximum atomic E-state index is 10.9. The van der Waals surface area contributed by atoms with Crippen LogP contribution in [0.25, 0.3) is 0 Å². The van der Waals surface area contributed by atoms with Gasteiger partial charge in [-0.2, -0.15) is 0 Å². The molecule has 1 aromatic rings. The van der Waals surface area contributed by atoms with Crippen molar-refractivity contribution in [2.24, 2.45) is 5.92 Å². The molecule has 0 saturated heterocycles. The van der Waals surface area contributed by atoms with Gasteiger partial charge in [0, 0.05) is 4.90 Å². The van der Waals surface area contributed by atoms with Crippen molar-refractivity contribution in [3.8, 4) is 0 Å². The smallest absolute Gasteiger partial charge is 0.328 e. The molecule has 18 heavy (non-hydrogen) atoms. The van der Waals surface area contributed by atoms with Gasteiger partial charge in [0.25, 0.3) is 0 Å². The molecular formula is C13H14O4S. The first-order chi connectivity index (χ1) is 8.58. The highest BCUT2D eigenvalue weighted by Gasteiger charge is 2.29. The molecule has 4 nitrogen and oxygen atoms in total. The Hall–Kier alpha value is -1.49. The molecule has 2 rings (SSSR count). The van der Waals surface area contributed by atoms with E-state index in [0.717, 1.165) is 28.6 Å². The number of thioether (sulfide) groups is 1. The van der Waals surface area contributed by atoms with Gasteiger partial charge in [0.05, 0.1) is 0 Å². The second-order valence-electron chi connectivity index (χ2n) is 4.43. The van der Waals surface area contributed by atoms with Crippen LogP contribution >= 0.6 is 11.8 Å². The highest BCUT2D eigenvalue weighted by Crippen LogP contribution is 2.36. The van der Waals surface area contributed by atoms with E-state index in [1.165, 1.54) is 12.8 Å². The van der Waals surface area contributed by atoms with Crippen molar-refractivity contribution in [3.05, 3.63) is 29.8 Å². The first kappa shape index (κ1) is 13.0. The molecule has 1 fully saturated rings. The number of hydrogen-bond acceptors (Lipinski definition) is 3. The van der Waals surface area contributed by atoms with Gasteiger partial charge in [-0.3, -0.25) is 9.59 Å². The van der Waals surface area contributed by atoms with Crippen molar-refractivity contribution in [3.63, 3.8) is 0 Å². The summed E-state index contributed by atoms with van der Waals surface area (Å²) in [5.74, 6) is -1.94. The second-order valence-corrected chi connectivity index (χ2v) is 5.58. The van der Waals surface area contributed by atoms with Gasteiger partial charge < -0.3 is 10.2 Å². The van der Waals surface area contributed by atoms with E-state index < -0.39 is 17.2 Å². The normalized spacial score (nSPS) is 14.7. The van der Waals surface area contributed by atoms with Crippen LogP contribution in [0.5, 0.6) is 0 Å². The van der Waals surface area contributed by atoms with Gasteiger partial charge in [-0.15, -0.1) is 0 Å². The molecule has 0 unspecified atom stereocenters. The molecule has 0 amide bonds. The summed E-state index contributed by atoms with van der Waals surface area (Å²) in [5, 5.41) is 16.3. The standard InChI is InChI=1S/C13H14O4S/c14-12(15)11(13(16)17)18-10-4-2-1-3-9(10)7-8-5-6-8/h1-4,8,11H,5-7H2,(H,14,15)(H,16,17). The topological polar surface area (TPSA) is 74.6 Å². The van der Waals surface area contributed by atoms with Gasteiger partial charge in [0.2, 0.25) is 5.25 Å². The molecule has 0 aromatic heterocycles. The highest BCUT2D eigenvalue weighted by molar-refractivity contribution is 8.01. The average molecular weight is 266 g/mol. The predicted molar refractivity (Wildman–Crippen MR) is 67.8 cm³/mol. The van der Waals surface area contributed by atoms with Gasteiger partial charge in [-0.05, 0) is 36.8 Å². The largest absolute Gasteiger partial charge is 0.480 e. The van der Waals surface area contributed by atoms with Crippen LogP contribution in [0.1, 0.15) is 18.4 Å². The van der Waals surface area contributed by atoms with E-state index in [1.54, 1.807) is 12.1 Å². The molecule has 1 aliphatic carbocycles. The van der Waals surface area contributed by atoms with Crippen LogP contribution in [-0.2, 0) is 16.0 Å². The zero-order chi connectivity index (χ0) is 13.1. The number of rotatable bonds is 6. The first-order valence-electron chi connectivity index (χ1n) is 5.78. The number of aliphatic carboxylic acids is 2. The maximum absolute atomic E-state index is 10.9. The molecule has 1 aromatic carbocycles. The van der Waals surface area contributed by atoms with Crippen LogP contribution in [0.4, 0.5) is 0 Å². The maximum Gasteiger partial charge on any atom is 0.328 e. The van der Waals surface area contributed by atoms with E-state index in [0.29, 0.717) is 5.92 Å². The zero-order valence-corrected chi connectivity index (χ0v) is 10.5. The Kier molecular flexibility index (Phi) is 3.91. The van der Waals surface area contributed by atoms with E-state index in [4.69, 9.17) is 10.2 Å². The van der Waals surface area contributed by atoms with E-state index in [9.17, 15) is 9.59 Å². The fourth-order valence-electron chi connectivity index (χ4n) is 1.75. The minimum atomic E-state index is -1.44. The third kappa shape index (κ3) is 3.26. The van der Waals surface area contributed by atoms with Gasteiger partial charge in [0.15, 0.2) is 0 Å². The summed E-state index contributed by atoms with van der Waals surface area (Å²) in [4.78, 5) is 22.5. The summed E-state index contributed by atoms with van der Waals surface area (Å²) in [5.41, 5.74) is 1.05. The number of hydrogen-bond donors (Lipinski definition) is 2. The number of carbonyl (C=O) groups is 2. The number of benzene rings is 1. The molecule has 2 N–H and O–H groups in total. The quantitative estimate of drug-likeness (QED) is 0.610. The molecule has 0 radical (unpaired) electrons. The van der Waals surface area contributed by atoms with Crippen molar-refractivity contribution in [1.29, 1.82) is 0 Å². The minimum absolute atomic E-state index is 0.680. The monoisotopic (exact) mass is 266 g/mol. The highest BCUT2D eigenvalue weighted by atomic mass is 32.2. The summed E-state index contributed by atoms with van der Waals surface area (Å²) in [6.07, 6.45) is 3.33. The Bertz CT molecular complexity index is 454. The SMILES string of the molecule is O=C(O)C(Sc1ccccc1CC1CC1)C(=O)O. The lowest BCUT2D eigenvalue weighted by atomic mass is 10.1. The van der Waals surface area contributed by atoms with Crippen molar-refractivity contribution in [2.75, 3.05) is 0 Å². The van der Waals surface area contributed by atoms with Crippen LogP contribution in [0, 0.1) is 5.92 Å². The Labute approximate surface area is 109 Å². The molecule has 5 heteroatoms. The van der Waals surface area contributed by atoms with Crippen LogP contribution < -0.4 is 0 Å². The molecule has 96 valence electrons. The lowest BCUT2D eigenvalue weighted by molar-refractivity contribution is -0.146. The van der Waals surface area contributed by atoms with Crippen molar-refractivity contribution >= 4 is 23.7 Å². The summed E-state index contributed by atoms with van der Waals surface area (Å²) < 4.78 is 0. The van der Waals surface area contributed by atoms with E-state index in [2.05, 4.69) is 0 Å². The second kappa shape index (κ2) is 5.44. The lowest BCUT2D eigenvalue weighted by Gasteiger charge is -2.11. The van der Waals surface area contributed by atoms with E-state index in [-0.39, 0.29) is 0 Å². The van der Waals surface area contributed by atoms with Crippen LogP contribution in [0.2, 0.25) is 0 Å². The Morgan fingerprint density at radius 1 is 1.22 bits per heavy atom. The molecule has 0 spiro atoms. The third-order valence-electron chi connectivity index (χ3n) is 2.87. The average Bonchev–Trinajstić information content (AvgIpc) is 3.10. The molecule has 1 aliphatic rings. The molecule has 0 aliphatic heterocycles. The summed E-state index contributed by atoms with van der Waals surface area (Å²) >= 11 is 0.902. The van der Waals surface area contributed by atoms with Crippen molar-refractivity contribution < 1.29 is 19.8 Å². The van der Waals surface area contributed by atoms with Gasteiger partial charge >= 0.3 is 11.9 Å². The first-order valence-corrected chi connectivity index (χ1v) is 6.66. The Morgan fingerprint density at radius 2 is 1.83 bits per heavy atom. The van der Waals surface area contributed by atoms with Crippen molar-refractivity contribution in [1.82, 2.24) is 0 Å². The van der Waals surface area contributed by atoms with E-state index in [1.807, 2.05) is 12.1 Å². The van der Waals surface area contributed by atoms with Crippen LogP contribution in [0.3, 0.4) is 0 Å². The predicted octanol–water partition coefficient (Wildman–Crippen LogP) is 2.27. The zero-order valence-electron chi connectivity index (χ0n) is 9.70. The molecule has 0 heterocycles. The third-order valence-corrected chi connectivity index (χ3v) is 4.16. The van der Waals surface area contributed by atoms with Gasteiger partial charge in [-0.1, -0.05) is 30.0 Å². The Morgan fingerprint density at radius 3 is 2.39 bits per heavy atom. The van der Waals surface area contributed by atoms with Gasteiger partial charge in [-0.25, -0.2) is 0 Å². The van der Waals surface area contributed by atoms with Crippen molar-refractivity contribution in [2.45, 2.75) is 29.4 Å². The van der Waals surface area contributed by atoms with Crippen LogP contribution in [0.15, 0.2) is 29.2 Å². The lowest BCUT2D eigenvalue weighted by Crippen LogP contribution is -2.26. The minimum Gasteiger partial charge on any atom is -0.480 e. The van der Waals surface area contributed by atoms with Crippen LogP contribution in [-0.4, -0.2) is 27.4 Å². The fraction of sp³-hybridized carbons (Fsp3) is 0.385. The fourth-order valence-corrected chi connectivity index (χ4v) is 2.67. The summed E-state index contributed by atoms with van der Waals surface area (Å²) in [6.45, 7) is 0. The number of carboxylic acids is 2. The summed E-state index contributed by atoms with van der Waals surface area (Å²) in [7, 11) is 0. The Balaban J connectivity index is 2.15. The van der Waals surface area contributed by atoms with E-state index >= 15 is 0 Å². The molecular weight excluding hydrogens is 252 g/mol. The summed E-state index contributed by atoms with van der Waals surface area (Å²) in [6, 6.07) is 7.44. The van der Waals surface area contributed by atoms with Gasteiger partial charge in [0.1, 0.15) is 0 Å². The molecule has 0 atom stereocenters. The molecule has 1 saturated carbocycles.